The summed E-state index contributed by atoms with van der Waals surface area (Å²) < 4.78 is 27.6. The van der Waals surface area contributed by atoms with Crippen LogP contribution in [-0.4, -0.2) is 19.1 Å². The average Bonchev–Trinajstić information content (AvgIpc) is 2.77. The van der Waals surface area contributed by atoms with Crippen molar-refractivity contribution < 1.29 is 13.3 Å². The van der Waals surface area contributed by atoms with Crippen molar-refractivity contribution in [2.75, 3.05) is 10.1 Å². The molecule has 0 heterocycles. The van der Waals surface area contributed by atoms with Crippen molar-refractivity contribution in [3.63, 3.8) is 0 Å². The molecule has 3 rings (SSSR count). The number of sulfonamides is 1. The molecule has 156 valence electrons. The minimum Gasteiger partial charge on any atom is -0.280 e. The molecule has 9 nitrogen and oxygen atoms in total. The van der Waals surface area contributed by atoms with Crippen LogP contribution in [0.3, 0.4) is 0 Å². The number of para-hydroxylation sites is 1. The summed E-state index contributed by atoms with van der Waals surface area (Å²) in [5.74, 6) is 0. The molecule has 3 aromatic carbocycles. The molecule has 3 aromatic rings. The maximum Gasteiger partial charge on any atom is 0.295 e. The van der Waals surface area contributed by atoms with Gasteiger partial charge in [-0.3, -0.25) is 20.3 Å². The molecule has 0 saturated carbocycles. The van der Waals surface area contributed by atoms with Crippen LogP contribution in [0.5, 0.6) is 0 Å². The Bertz CT molecular complexity index is 1280. The monoisotopic (exact) mass is 435 g/mol. The van der Waals surface area contributed by atoms with Gasteiger partial charge in [-0.05, 0) is 48.9 Å². The fourth-order valence-electron chi connectivity index (χ4n) is 2.64. The number of benzene rings is 3. The maximum atomic E-state index is 12.6. The highest BCUT2D eigenvalue weighted by Crippen LogP contribution is 2.28. The third kappa shape index (κ3) is 5.23. The first-order chi connectivity index (χ1) is 14.8. The molecule has 0 aliphatic heterocycles. The summed E-state index contributed by atoms with van der Waals surface area (Å²) in [7, 11) is -4.01. The van der Waals surface area contributed by atoms with Crippen molar-refractivity contribution in [1.82, 2.24) is 0 Å². The van der Waals surface area contributed by atoms with Crippen LogP contribution in [0.2, 0.25) is 0 Å². The van der Waals surface area contributed by atoms with Gasteiger partial charge >= 0.3 is 0 Å². The van der Waals surface area contributed by atoms with Crippen molar-refractivity contribution in [3.8, 4) is 6.07 Å². The first-order valence-corrected chi connectivity index (χ1v) is 10.5. The molecule has 0 saturated heterocycles. The second-order valence-corrected chi connectivity index (χ2v) is 8.09. The summed E-state index contributed by atoms with van der Waals surface area (Å²) in [6, 6.07) is 20.4. The van der Waals surface area contributed by atoms with Gasteiger partial charge in [-0.1, -0.05) is 30.3 Å². The zero-order valence-corrected chi connectivity index (χ0v) is 17.1. The van der Waals surface area contributed by atoms with E-state index in [1.807, 2.05) is 6.07 Å². The number of rotatable bonds is 7. The SMILES string of the molecule is C/C(=N/Nc1ccc(S(=O)(=O)Nc2ccccc2)cc1[N+](=O)[O-])c1ccc(C#N)cc1. The number of anilines is 2. The Labute approximate surface area is 178 Å². The molecular weight excluding hydrogens is 418 g/mol. The number of nitro groups is 1. The van der Waals surface area contributed by atoms with Gasteiger partial charge in [0.05, 0.1) is 27.2 Å². The molecule has 0 aliphatic carbocycles. The highest BCUT2D eigenvalue weighted by Gasteiger charge is 2.21. The third-order valence-corrected chi connectivity index (χ3v) is 5.66. The van der Waals surface area contributed by atoms with Crippen LogP contribution in [0.4, 0.5) is 17.1 Å². The maximum absolute atomic E-state index is 12.6. The summed E-state index contributed by atoms with van der Waals surface area (Å²) in [5, 5.41) is 24.5. The van der Waals surface area contributed by atoms with Crippen LogP contribution in [0.25, 0.3) is 0 Å². The summed E-state index contributed by atoms with van der Waals surface area (Å²) in [6.45, 7) is 1.70. The van der Waals surface area contributed by atoms with Crippen LogP contribution in [0, 0.1) is 21.4 Å². The molecule has 0 fully saturated rings. The van der Waals surface area contributed by atoms with Crippen LogP contribution in [-0.2, 0) is 10.0 Å². The molecule has 0 radical (unpaired) electrons. The normalized spacial score (nSPS) is 11.4. The Morgan fingerprint density at radius 1 is 1.06 bits per heavy atom. The number of hydrogen-bond acceptors (Lipinski definition) is 7. The molecule has 2 N–H and O–H groups in total. The van der Waals surface area contributed by atoms with E-state index in [-0.39, 0.29) is 10.6 Å². The van der Waals surface area contributed by atoms with Gasteiger partial charge in [-0.25, -0.2) is 8.42 Å². The molecule has 0 aliphatic rings. The highest BCUT2D eigenvalue weighted by atomic mass is 32.2. The van der Waals surface area contributed by atoms with Crippen molar-refractivity contribution in [1.29, 1.82) is 5.26 Å². The van der Waals surface area contributed by atoms with E-state index in [0.717, 1.165) is 11.6 Å². The minimum atomic E-state index is -4.01. The van der Waals surface area contributed by atoms with Crippen molar-refractivity contribution in [2.45, 2.75) is 11.8 Å². The van der Waals surface area contributed by atoms with Crippen LogP contribution in [0.1, 0.15) is 18.1 Å². The Morgan fingerprint density at radius 3 is 2.35 bits per heavy atom. The molecule has 0 bridgehead atoms. The predicted molar refractivity (Wildman–Crippen MR) is 117 cm³/mol. The summed E-state index contributed by atoms with van der Waals surface area (Å²) in [6.07, 6.45) is 0. The summed E-state index contributed by atoms with van der Waals surface area (Å²) in [4.78, 5) is 10.6. The summed E-state index contributed by atoms with van der Waals surface area (Å²) >= 11 is 0. The zero-order valence-electron chi connectivity index (χ0n) is 16.3. The van der Waals surface area contributed by atoms with Gasteiger partial charge in [-0.15, -0.1) is 0 Å². The lowest BCUT2D eigenvalue weighted by molar-refractivity contribution is -0.384. The standard InChI is InChI=1S/C21H17N5O4S/c1-15(17-9-7-16(14-22)8-10-17)23-24-20-12-11-19(13-21(20)26(27)28)31(29,30)25-18-5-3-2-4-6-18/h2-13,24-25H,1H3/b23-15-. The lowest BCUT2D eigenvalue weighted by atomic mass is 10.1. The van der Waals surface area contributed by atoms with E-state index in [1.165, 1.54) is 12.1 Å². The van der Waals surface area contributed by atoms with Gasteiger partial charge in [-0.2, -0.15) is 10.4 Å². The molecular formula is C21H17N5O4S. The third-order valence-electron chi connectivity index (χ3n) is 4.28. The van der Waals surface area contributed by atoms with Gasteiger partial charge in [0.15, 0.2) is 0 Å². The lowest BCUT2D eigenvalue weighted by Crippen LogP contribution is -2.13. The molecule has 0 spiro atoms. The average molecular weight is 435 g/mol. The van der Waals surface area contributed by atoms with Gasteiger partial charge in [0, 0.05) is 11.8 Å². The van der Waals surface area contributed by atoms with E-state index in [0.29, 0.717) is 17.0 Å². The largest absolute Gasteiger partial charge is 0.295 e. The van der Waals surface area contributed by atoms with E-state index >= 15 is 0 Å². The molecule has 0 unspecified atom stereocenters. The highest BCUT2D eigenvalue weighted by molar-refractivity contribution is 7.92. The van der Waals surface area contributed by atoms with E-state index in [2.05, 4.69) is 15.2 Å². The van der Waals surface area contributed by atoms with E-state index < -0.39 is 20.6 Å². The number of nitriles is 1. The second kappa shape index (κ2) is 9.06. The number of hydrogen-bond donors (Lipinski definition) is 2. The Morgan fingerprint density at radius 2 is 1.74 bits per heavy atom. The number of hydrazone groups is 1. The number of nitrogens with one attached hydrogen (secondary N) is 2. The van der Waals surface area contributed by atoms with Gasteiger partial charge < -0.3 is 0 Å². The minimum absolute atomic E-state index is 0.0386. The molecule has 31 heavy (non-hydrogen) atoms. The van der Waals surface area contributed by atoms with E-state index in [4.69, 9.17) is 5.26 Å². The van der Waals surface area contributed by atoms with Crippen molar-refractivity contribution >= 4 is 32.8 Å². The van der Waals surface area contributed by atoms with Crippen LogP contribution in [0.15, 0.2) is 82.8 Å². The fraction of sp³-hybridized carbons (Fsp3) is 0.0476. The quantitative estimate of drug-likeness (QED) is 0.325. The zero-order chi connectivity index (χ0) is 22.4. The molecule has 0 amide bonds. The smallest absolute Gasteiger partial charge is 0.280 e. The Hall–Kier alpha value is -4.23. The molecule has 10 heteroatoms. The first kappa shape index (κ1) is 21.5. The topological polar surface area (TPSA) is 137 Å². The summed E-state index contributed by atoms with van der Waals surface area (Å²) in [5.41, 5.74) is 4.31. The Balaban J connectivity index is 1.86. The van der Waals surface area contributed by atoms with Crippen molar-refractivity contribution in [2.24, 2.45) is 5.10 Å². The van der Waals surface area contributed by atoms with E-state index in [9.17, 15) is 18.5 Å². The van der Waals surface area contributed by atoms with Gasteiger partial charge in [0.2, 0.25) is 0 Å². The number of nitro benzene ring substituents is 1. The van der Waals surface area contributed by atoms with Crippen LogP contribution < -0.4 is 10.1 Å². The molecule has 0 aromatic heterocycles. The fourth-order valence-corrected chi connectivity index (χ4v) is 3.72. The van der Waals surface area contributed by atoms with Gasteiger partial charge in [0.25, 0.3) is 15.7 Å². The number of nitrogens with zero attached hydrogens (tertiary/aromatic N) is 3. The lowest BCUT2D eigenvalue weighted by Gasteiger charge is -2.10. The Kier molecular flexibility index (Phi) is 6.28. The second-order valence-electron chi connectivity index (χ2n) is 6.41. The molecule has 0 atom stereocenters. The first-order valence-electron chi connectivity index (χ1n) is 8.97. The van der Waals surface area contributed by atoms with E-state index in [1.54, 1.807) is 61.5 Å². The van der Waals surface area contributed by atoms with Gasteiger partial charge in [0.1, 0.15) is 5.69 Å². The van der Waals surface area contributed by atoms with Crippen molar-refractivity contribution in [3.05, 3.63) is 94.0 Å². The predicted octanol–water partition coefficient (Wildman–Crippen LogP) is 4.10. The van der Waals surface area contributed by atoms with Crippen LogP contribution >= 0.6 is 0 Å².